The Hall–Kier alpha value is -2.58. The van der Waals surface area contributed by atoms with Gasteiger partial charge in [0.25, 0.3) is 5.56 Å². The average Bonchev–Trinajstić information content (AvgIpc) is 2.64. The average molecular weight is 381 g/mol. The Kier molecular flexibility index (Phi) is 6.59. The van der Waals surface area contributed by atoms with Gasteiger partial charge in [0.2, 0.25) is 5.91 Å². The molecular formula is C17H21ClN4O4. The first-order chi connectivity index (χ1) is 12.1. The summed E-state index contributed by atoms with van der Waals surface area (Å²) in [6.07, 6.45) is 1.33. The molecule has 0 spiro atoms. The second-order valence-corrected chi connectivity index (χ2v) is 5.79. The van der Waals surface area contributed by atoms with E-state index in [0.29, 0.717) is 19.6 Å². The maximum atomic E-state index is 12.8. The van der Waals surface area contributed by atoms with Gasteiger partial charge in [-0.05, 0) is 6.07 Å². The first-order valence-corrected chi connectivity index (χ1v) is 8.03. The zero-order valence-corrected chi connectivity index (χ0v) is 15.1. The summed E-state index contributed by atoms with van der Waals surface area (Å²) in [5.74, 6) is 0.529. The van der Waals surface area contributed by atoms with E-state index in [0.717, 1.165) is 11.3 Å². The van der Waals surface area contributed by atoms with Crippen LogP contribution in [-0.4, -0.2) is 47.1 Å². The van der Waals surface area contributed by atoms with Crippen molar-refractivity contribution in [2.45, 2.75) is 12.6 Å². The number of carbonyl (C=O) groups excluding carboxylic acids is 1. The van der Waals surface area contributed by atoms with Crippen molar-refractivity contribution in [3.63, 3.8) is 0 Å². The SMILES string of the molecule is COc1ccccc1C1CNCCN1C(=O)Cn1ccc(=O)[nH]c1=O.Cl. The van der Waals surface area contributed by atoms with Crippen LogP contribution in [0.25, 0.3) is 0 Å². The van der Waals surface area contributed by atoms with E-state index >= 15 is 0 Å². The molecule has 2 N–H and O–H groups in total. The minimum atomic E-state index is -0.593. The van der Waals surface area contributed by atoms with Gasteiger partial charge in [0.05, 0.1) is 13.2 Å². The standard InChI is InChI=1S/C17H20N4O4.ClH/c1-25-14-5-3-2-4-12(14)13-10-18-7-9-21(13)16(23)11-20-8-6-15(22)19-17(20)24;/h2-6,8,13,18H,7,9-11H2,1H3,(H,19,22,24);1H. The molecule has 1 atom stereocenters. The lowest BCUT2D eigenvalue weighted by Crippen LogP contribution is -2.50. The van der Waals surface area contributed by atoms with Crippen molar-refractivity contribution in [2.24, 2.45) is 0 Å². The van der Waals surface area contributed by atoms with Crippen molar-refractivity contribution in [3.05, 3.63) is 62.9 Å². The summed E-state index contributed by atoms with van der Waals surface area (Å²) in [5.41, 5.74) is -0.160. The molecule has 1 aliphatic heterocycles. The predicted molar refractivity (Wildman–Crippen MR) is 98.9 cm³/mol. The molecule has 8 nitrogen and oxygen atoms in total. The number of rotatable bonds is 4. The lowest BCUT2D eigenvalue weighted by atomic mass is 10.0. The zero-order valence-electron chi connectivity index (χ0n) is 14.3. The van der Waals surface area contributed by atoms with Gasteiger partial charge in [0, 0.05) is 37.5 Å². The number of hydrogen-bond donors (Lipinski definition) is 2. The molecule has 9 heteroatoms. The molecule has 2 aromatic rings. The molecule has 1 saturated heterocycles. The highest BCUT2D eigenvalue weighted by atomic mass is 35.5. The van der Waals surface area contributed by atoms with Gasteiger partial charge >= 0.3 is 5.69 Å². The highest BCUT2D eigenvalue weighted by molar-refractivity contribution is 5.85. The Balaban J connectivity index is 0.00000243. The number of para-hydroxylation sites is 1. The molecule has 1 aliphatic rings. The molecule has 1 unspecified atom stereocenters. The first-order valence-electron chi connectivity index (χ1n) is 8.03. The van der Waals surface area contributed by atoms with Gasteiger partial charge in [-0.3, -0.25) is 19.1 Å². The number of methoxy groups -OCH3 is 1. The van der Waals surface area contributed by atoms with E-state index < -0.39 is 11.2 Å². The minimum Gasteiger partial charge on any atom is -0.496 e. The Morgan fingerprint density at radius 3 is 2.77 bits per heavy atom. The molecule has 0 saturated carbocycles. The second kappa shape index (κ2) is 8.68. The third kappa shape index (κ3) is 4.14. The van der Waals surface area contributed by atoms with E-state index in [2.05, 4.69) is 10.3 Å². The second-order valence-electron chi connectivity index (χ2n) is 5.79. The van der Waals surface area contributed by atoms with E-state index in [-0.39, 0.29) is 30.9 Å². The third-order valence-corrected chi connectivity index (χ3v) is 4.26. The van der Waals surface area contributed by atoms with E-state index in [4.69, 9.17) is 4.74 Å². The fourth-order valence-electron chi connectivity index (χ4n) is 3.03. The number of nitrogens with zero attached hydrogens (tertiary/aromatic N) is 2. The van der Waals surface area contributed by atoms with Crippen LogP contribution < -0.4 is 21.3 Å². The summed E-state index contributed by atoms with van der Waals surface area (Å²) in [5, 5.41) is 3.29. The number of hydrogen-bond acceptors (Lipinski definition) is 5. The number of benzene rings is 1. The normalized spacial score (nSPS) is 16.7. The van der Waals surface area contributed by atoms with Crippen LogP contribution >= 0.6 is 12.4 Å². The molecule has 140 valence electrons. The number of amides is 1. The van der Waals surface area contributed by atoms with Gasteiger partial charge in [0.1, 0.15) is 12.3 Å². The third-order valence-electron chi connectivity index (χ3n) is 4.26. The van der Waals surface area contributed by atoms with Crippen LogP contribution in [0, 0.1) is 0 Å². The summed E-state index contributed by atoms with van der Waals surface area (Å²) in [7, 11) is 1.60. The summed E-state index contributed by atoms with van der Waals surface area (Å²) in [6.45, 7) is 1.69. The first kappa shape index (κ1) is 19.7. The van der Waals surface area contributed by atoms with Crippen LogP contribution in [0.15, 0.2) is 46.1 Å². The predicted octanol–water partition coefficient (Wildman–Crippen LogP) is 0.140. The Labute approximate surface area is 156 Å². The summed E-state index contributed by atoms with van der Waals surface area (Å²) >= 11 is 0. The molecule has 0 radical (unpaired) electrons. The maximum Gasteiger partial charge on any atom is 0.328 e. The van der Waals surface area contributed by atoms with E-state index in [1.165, 1.54) is 16.8 Å². The van der Waals surface area contributed by atoms with Gasteiger partial charge < -0.3 is 15.0 Å². The largest absolute Gasteiger partial charge is 0.496 e. The van der Waals surface area contributed by atoms with Crippen LogP contribution in [0.1, 0.15) is 11.6 Å². The lowest BCUT2D eigenvalue weighted by molar-refractivity contribution is -0.135. The molecule has 1 fully saturated rings. The van der Waals surface area contributed by atoms with Crippen molar-refractivity contribution in [3.8, 4) is 5.75 Å². The molecule has 3 rings (SSSR count). The molecule has 0 bridgehead atoms. The maximum absolute atomic E-state index is 12.8. The molecule has 0 aliphatic carbocycles. The quantitative estimate of drug-likeness (QED) is 0.786. The number of H-pyrrole nitrogens is 1. The number of carbonyl (C=O) groups is 1. The van der Waals surface area contributed by atoms with Crippen LogP contribution in [0.3, 0.4) is 0 Å². The van der Waals surface area contributed by atoms with E-state index in [1.54, 1.807) is 12.0 Å². The van der Waals surface area contributed by atoms with Crippen molar-refractivity contribution >= 4 is 18.3 Å². The smallest absolute Gasteiger partial charge is 0.328 e. The number of aromatic amines is 1. The minimum absolute atomic E-state index is 0. The lowest BCUT2D eigenvalue weighted by Gasteiger charge is -2.37. The van der Waals surface area contributed by atoms with Crippen LogP contribution in [-0.2, 0) is 11.3 Å². The van der Waals surface area contributed by atoms with Gasteiger partial charge in [-0.2, -0.15) is 0 Å². The molecule has 1 amide bonds. The van der Waals surface area contributed by atoms with Crippen molar-refractivity contribution in [1.29, 1.82) is 0 Å². The van der Waals surface area contributed by atoms with Gasteiger partial charge in [0.15, 0.2) is 0 Å². The Morgan fingerprint density at radius 2 is 2.04 bits per heavy atom. The fraction of sp³-hybridized carbons (Fsp3) is 0.353. The Morgan fingerprint density at radius 1 is 1.27 bits per heavy atom. The van der Waals surface area contributed by atoms with Gasteiger partial charge in [-0.25, -0.2) is 4.79 Å². The van der Waals surface area contributed by atoms with Crippen LogP contribution in [0.2, 0.25) is 0 Å². The van der Waals surface area contributed by atoms with Crippen molar-refractivity contribution in [1.82, 2.24) is 19.8 Å². The number of nitrogens with one attached hydrogen (secondary N) is 2. The summed E-state index contributed by atoms with van der Waals surface area (Å²) in [6, 6.07) is 8.62. The van der Waals surface area contributed by atoms with E-state index in [1.807, 2.05) is 24.3 Å². The number of halogens is 1. The molecular weight excluding hydrogens is 360 g/mol. The fourth-order valence-corrected chi connectivity index (χ4v) is 3.03. The van der Waals surface area contributed by atoms with Gasteiger partial charge in [-0.1, -0.05) is 18.2 Å². The summed E-state index contributed by atoms with van der Waals surface area (Å²) < 4.78 is 6.62. The summed E-state index contributed by atoms with van der Waals surface area (Å²) in [4.78, 5) is 39.7. The highest BCUT2D eigenvalue weighted by Crippen LogP contribution is 2.30. The monoisotopic (exact) mass is 380 g/mol. The van der Waals surface area contributed by atoms with Crippen molar-refractivity contribution < 1.29 is 9.53 Å². The Bertz CT molecular complexity index is 879. The van der Waals surface area contributed by atoms with Crippen LogP contribution in [0.4, 0.5) is 0 Å². The van der Waals surface area contributed by atoms with Gasteiger partial charge in [-0.15, -0.1) is 12.4 Å². The molecule has 1 aromatic carbocycles. The number of ether oxygens (including phenoxy) is 1. The number of aromatic nitrogens is 2. The topological polar surface area (TPSA) is 96.4 Å². The number of piperazine rings is 1. The highest BCUT2D eigenvalue weighted by Gasteiger charge is 2.29. The zero-order chi connectivity index (χ0) is 17.8. The molecule has 26 heavy (non-hydrogen) atoms. The molecule has 2 heterocycles. The van der Waals surface area contributed by atoms with Crippen LogP contribution in [0.5, 0.6) is 5.75 Å². The van der Waals surface area contributed by atoms with Crippen molar-refractivity contribution in [2.75, 3.05) is 26.7 Å². The molecule has 1 aromatic heterocycles. The van der Waals surface area contributed by atoms with E-state index in [9.17, 15) is 14.4 Å².